The zero-order valence-corrected chi connectivity index (χ0v) is 15.0. The van der Waals surface area contributed by atoms with Crippen molar-refractivity contribution in [1.82, 2.24) is 4.98 Å². The van der Waals surface area contributed by atoms with Crippen molar-refractivity contribution in [2.45, 2.75) is 32.8 Å². The topological polar surface area (TPSA) is 89.6 Å². The van der Waals surface area contributed by atoms with E-state index in [1.54, 1.807) is 24.3 Å². The lowest BCUT2D eigenvalue weighted by Gasteiger charge is -2.20. The number of aromatic nitrogens is 1. The SMILES string of the molecule is COc1cc2c(cc1NC(=O)c1cccc(OC(C)C)n1)NC(=O)CC2. The third-order valence-electron chi connectivity index (χ3n) is 3.88. The average molecular weight is 355 g/mol. The van der Waals surface area contributed by atoms with Crippen LogP contribution < -0.4 is 20.1 Å². The minimum absolute atomic E-state index is 0.0369. The summed E-state index contributed by atoms with van der Waals surface area (Å²) < 4.78 is 10.9. The first-order chi connectivity index (χ1) is 12.5. The van der Waals surface area contributed by atoms with Gasteiger partial charge in [-0.1, -0.05) is 6.07 Å². The Kier molecular flexibility index (Phi) is 5.06. The number of hydrogen-bond acceptors (Lipinski definition) is 5. The number of rotatable bonds is 5. The molecular weight excluding hydrogens is 334 g/mol. The van der Waals surface area contributed by atoms with Gasteiger partial charge in [-0.15, -0.1) is 0 Å². The van der Waals surface area contributed by atoms with E-state index in [2.05, 4.69) is 15.6 Å². The molecule has 0 fully saturated rings. The van der Waals surface area contributed by atoms with Gasteiger partial charge in [0, 0.05) is 18.2 Å². The Hall–Kier alpha value is -3.09. The van der Waals surface area contributed by atoms with Crippen LogP contribution in [0.1, 0.15) is 36.3 Å². The van der Waals surface area contributed by atoms with Gasteiger partial charge in [-0.05, 0) is 44.0 Å². The van der Waals surface area contributed by atoms with E-state index >= 15 is 0 Å². The first kappa shape index (κ1) is 17.7. The molecule has 1 aromatic heterocycles. The highest BCUT2D eigenvalue weighted by atomic mass is 16.5. The predicted octanol–water partition coefficient (Wildman–Crippen LogP) is 3.01. The lowest BCUT2D eigenvalue weighted by Crippen LogP contribution is -2.20. The molecule has 0 spiro atoms. The molecular formula is C19H21N3O4. The molecule has 3 rings (SSSR count). The van der Waals surface area contributed by atoms with Gasteiger partial charge in [0.15, 0.2) is 0 Å². The molecule has 26 heavy (non-hydrogen) atoms. The molecule has 0 unspecified atom stereocenters. The fraction of sp³-hybridized carbons (Fsp3) is 0.316. The highest BCUT2D eigenvalue weighted by Crippen LogP contribution is 2.34. The second-order valence-electron chi connectivity index (χ2n) is 6.24. The van der Waals surface area contributed by atoms with Crippen molar-refractivity contribution in [2.75, 3.05) is 17.7 Å². The van der Waals surface area contributed by atoms with Gasteiger partial charge in [-0.25, -0.2) is 4.98 Å². The van der Waals surface area contributed by atoms with E-state index in [-0.39, 0.29) is 23.6 Å². The normalized spacial score (nSPS) is 13.0. The summed E-state index contributed by atoms with van der Waals surface area (Å²) in [5.74, 6) is 0.486. The number of ether oxygens (including phenoxy) is 2. The van der Waals surface area contributed by atoms with Gasteiger partial charge < -0.3 is 20.1 Å². The standard InChI is InChI=1S/C19H21N3O4/c1-11(2)26-18-6-4-5-13(21-18)19(24)22-15-10-14-12(9-16(15)25-3)7-8-17(23)20-14/h4-6,9-11H,7-8H2,1-3H3,(H,20,23)(H,22,24). The monoisotopic (exact) mass is 355 g/mol. The minimum atomic E-state index is -0.389. The number of nitrogens with one attached hydrogen (secondary N) is 2. The highest BCUT2D eigenvalue weighted by Gasteiger charge is 2.19. The zero-order valence-electron chi connectivity index (χ0n) is 15.0. The maximum Gasteiger partial charge on any atom is 0.274 e. The van der Waals surface area contributed by atoms with E-state index in [1.165, 1.54) is 7.11 Å². The molecule has 2 aromatic rings. The summed E-state index contributed by atoms with van der Waals surface area (Å²) in [6.45, 7) is 3.78. The van der Waals surface area contributed by atoms with E-state index in [0.717, 1.165) is 5.56 Å². The molecule has 0 aliphatic carbocycles. The van der Waals surface area contributed by atoms with E-state index < -0.39 is 0 Å². The van der Waals surface area contributed by atoms with Crippen molar-refractivity contribution in [3.05, 3.63) is 41.6 Å². The van der Waals surface area contributed by atoms with Crippen LogP contribution in [0.2, 0.25) is 0 Å². The number of nitrogens with zero attached hydrogens (tertiary/aromatic N) is 1. The first-order valence-electron chi connectivity index (χ1n) is 8.42. The Bertz CT molecular complexity index is 849. The van der Waals surface area contributed by atoms with Crippen LogP contribution in [0.3, 0.4) is 0 Å². The van der Waals surface area contributed by atoms with Crippen molar-refractivity contribution in [3.8, 4) is 11.6 Å². The minimum Gasteiger partial charge on any atom is -0.495 e. The van der Waals surface area contributed by atoms with Crippen LogP contribution in [0.15, 0.2) is 30.3 Å². The quantitative estimate of drug-likeness (QED) is 0.860. The molecule has 0 saturated heterocycles. The number of fused-ring (bicyclic) bond motifs is 1. The van der Waals surface area contributed by atoms with Crippen LogP contribution in [0, 0.1) is 0 Å². The average Bonchev–Trinajstić information content (AvgIpc) is 2.60. The maximum absolute atomic E-state index is 12.6. The highest BCUT2D eigenvalue weighted by molar-refractivity contribution is 6.04. The molecule has 2 heterocycles. The Morgan fingerprint density at radius 3 is 2.81 bits per heavy atom. The number of amides is 2. The summed E-state index contributed by atoms with van der Waals surface area (Å²) in [4.78, 5) is 28.4. The Balaban J connectivity index is 1.85. The number of methoxy groups -OCH3 is 1. The molecule has 0 radical (unpaired) electrons. The predicted molar refractivity (Wildman–Crippen MR) is 97.9 cm³/mol. The maximum atomic E-state index is 12.6. The van der Waals surface area contributed by atoms with Gasteiger partial charge in [0.2, 0.25) is 11.8 Å². The van der Waals surface area contributed by atoms with Gasteiger partial charge in [-0.3, -0.25) is 9.59 Å². The van der Waals surface area contributed by atoms with Gasteiger partial charge in [0.25, 0.3) is 5.91 Å². The van der Waals surface area contributed by atoms with Crippen LogP contribution in [-0.4, -0.2) is 30.0 Å². The number of benzene rings is 1. The number of hydrogen-bond donors (Lipinski definition) is 2. The molecule has 7 heteroatoms. The third kappa shape index (κ3) is 3.93. The fourth-order valence-corrected chi connectivity index (χ4v) is 2.71. The number of carbonyl (C=O) groups is 2. The second-order valence-corrected chi connectivity index (χ2v) is 6.24. The fourth-order valence-electron chi connectivity index (χ4n) is 2.71. The van der Waals surface area contributed by atoms with Crippen LogP contribution in [0.5, 0.6) is 11.6 Å². The number of pyridine rings is 1. The Labute approximate surface area is 151 Å². The van der Waals surface area contributed by atoms with E-state index in [4.69, 9.17) is 9.47 Å². The third-order valence-corrected chi connectivity index (χ3v) is 3.88. The van der Waals surface area contributed by atoms with Gasteiger partial charge in [-0.2, -0.15) is 0 Å². The molecule has 0 saturated carbocycles. The van der Waals surface area contributed by atoms with Crippen molar-refractivity contribution >= 4 is 23.2 Å². The molecule has 7 nitrogen and oxygen atoms in total. The molecule has 1 aliphatic heterocycles. The summed E-state index contributed by atoms with van der Waals surface area (Å²) in [5.41, 5.74) is 2.36. The first-order valence-corrected chi connectivity index (χ1v) is 8.42. The lowest BCUT2D eigenvalue weighted by molar-refractivity contribution is -0.116. The van der Waals surface area contributed by atoms with Crippen LogP contribution in [0.25, 0.3) is 0 Å². The van der Waals surface area contributed by atoms with Crippen molar-refractivity contribution in [1.29, 1.82) is 0 Å². The van der Waals surface area contributed by atoms with E-state index in [9.17, 15) is 9.59 Å². The Morgan fingerprint density at radius 2 is 2.08 bits per heavy atom. The number of carbonyl (C=O) groups excluding carboxylic acids is 2. The molecule has 0 bridgehead atoms. The smallest absolute Gasteiger partial charge is 0.274 e. The van der Waals surface area contributed by atoms with Crippen LogP contribution >= 0.6 is 0 Å². The molecule has 1 aromatic carbocycles. The van der Waals surface area contributed by atoms with Gasteiger partial charge >= 0.3 is 0 Å². The number of aryl methyl sites for hydroxylation is 1. The van der Waals surface area contributed by atoms with Crippen molar-refractivity contribution in [3.63, 3.8) is 0 Å². The van der Waals surface area contributed by atoms with Crippen LogP contribution in [-0.2, 0) is 11.2 Å². The summed E-state index contributed by atoms with van der Waals surface area (Å²) in [6.07, 6.45) is 1.04. The molecule has 2 N–H and O–H groups in total. The number of anilines is 2. The van der Waals surface area contributed by atoms with E-state index in [1.807, 2.05) is 19.9 Å². The second kappa shape index (κ2) is 7.43. The molecule has 0 atom stereocenters. The lowest BCUT2D eigenvalue weighted by atomic mass is 10.0. The van der Waals surface area contributed by atoms with E-state index in [0.29, 0.717) is 35.8 Å². The summed E-state index contributed by atoms with van der Waals surface area (Å²) in [5, 5.41) is 5.60. The summed E-state index contributed by atoms with van der Waals surface area (Å²) >= 11 is 0. The molecule has 136 valence electrons. The molecule has 1 aliphatic rings. The summed E-state index contributed by atoms with van der Waals surface area (Å²) in [6, 6.07) is 8.55. The van der Waals surface area contributed by atoms with Crippen molar-refractivity contribution < 1.29 is 19.1 Å². The van der Waals surface area contributed by atoms with Gasteiger partial charge in [0.05, 0.1) is 18.9 Å². The Morgan fingerprint density at radius 1 is 1.27 bits per heavy atom. The zero-order chi connectivity index (χ0) is 18.7. The largest absolute Gasteiger partial charge is 0.495 e. The van der Waals surface area contributed by atoms with Crippen LogP contribution in [0.4, 0.5) is 11.4 Å². The van der Waals surface area contributed by atoms with Crippen molar-refractivity contribution in [2.24, 2.45) is 0 Å². The molecule has 2 amide bonds. The van der Waals surface area contributed by atoms with Gasteiger partial charge in [0.1, 0.15) is 11.4 Å². The summed E-state index contributed by atoms with van der Waals surface area (Å²) in [7, 11) is 1.54.